The summed E-state index contributed by atoms with van der Waals surface area (Å²) in [6, 6.07) is 8.43. The van der Waals surface area contributed by atoms with Crippen molar-refractivity contribution in [1.82, 2.24) is 14.9 Å². The van der Waals surface area contributed by atoms with E-state index in [2.05, 4.69) is 30.8 Å². The molecule has 0 bridgehead atoms. The Morgan fingerprint density at radius 2 is 1.88 bits per heavy atom. The summed E-state index contributed by atoms with van der Waals surface area (Å²) in [7, 11) is -4.09. The number of aliphatic carboxylic acids is 1. The van der Waals surface area contributed by atoms with Gasteiger partial charge in [0.1, 0.15) is 11.9 Å². The molecule has 1 atom stereocenters. The number of carboxylic acids is 1. The standard InChI is InChI=1S/C23H23BrFN3O5S/c24-16-7-9-17(10-8-16)34(31,32)28-20(23(29)30)13-14-6-11-18(19(25)12-14)21-26-22(33-27-21)15-4-2-1-3-5-15/h6-12,15,20,28H,1-5,13H2,(H,29,30). The molecule has 0 amide bonds. The molecule has 34 heavy (non-hydrogen) atoms. The first-order valence-electron chi connectivity index (χ1n) is 10.9. The van der Waals surface area contributed by atoms with Crippen LogP contribution in [0.2, 0.25) is 0 Å². The first-order chi connectivity index (χ1) is 16.2. The predicted molar refractivity (Wildman–Crippen MR) is 125 cm³/mol. The molecule has 2 N–H and O–H groups in total. The van der Waals surface area contributed by atoms with Gasteiger partial charge in [0, 0.05) is 10.4 Å². The van der Waals surface area contributed by atoms with Crippen LogP contribution in [0.1, 0.15) is 49.5 Å². The van der Waals surface area contributed by atoms with E-state index in [9.17, 15) is 22.7 Å². The van der Waals surface area contributed by atoms with E-state index in [1.54, 1.807) is 0 Å². The summed E-state index contributed by atoms with van der Waals surface area (Å²) in [5.41, 5.74) is 0.444. The quantitative estimate of drug-likeness (QED) is 0.417. The third kappa shape index (κ3) is 5.70. The molecular weight excluding hydrogens is 529 g/mol. The molecular formula is C23H23BrFN3O5S. The van der Waals surface area contributed by atoms with Gasteiger partial charge in [0.05, 0.1) is 10.5 Å². The average molecular weight is 552 g/mol. The topological polar surface area (TPSA) is 122 Å². The Morgan fingerprint density at radius 3 is 2.53 bits per heavy atom. The molecule has 11 heteroatoms. The molecule has 1 aliphatic rings. The smallest absolute Gasteiger partial charge is 0.322 e. The lowest BCUT2D eigenvalue weighted by molar-refractivity contribution is -0.138. The number of hydrogen-bond acceptors (Lipinski definition) is 6. The zero-order valence-corrected chi connectivity index (χ0v) is 20.5. The van der Waals surface area contributed by atoms with Gasteiger partial charge in [-0.3, -0.25) is 4.79 Å². The van der Waals surface area contributed by atoms with Gasteiger partial charge in [-0.1, -0.05) is 46.4 Å². The van der Waals surface area contributed by atoms with Crippen LogP contribution in [0, 0.1) is 5.82 Å². The van der Waals surface area contributed by atoms with Crippen molar-refractivity contribution in [2.45, 2.75) is 55.4 Å². The highest BCUT2D eigenvalue weighted by atomic mass is 79.9. The van der Waals surface area contributed by atoms with Crippen molar-refractivity contribution >= 4 is 31.9 Å². The molecule has 4 rings (SSSR count). The zero-order valence-electron chi connectivity index (χ0n) is 18.1. The monoisotopic (exact) mass is 551 g/mol. The Labute approximate surface area is 204 Å². The maximum atomic E-state index is 14.9. The Kier molecular flexibility index (Phi) is 7.44. The van der Waals surface area contributed by atoms with Crippen molar-refractivity contribution in [2.75, 3.05) is 0 Å². The first-order valence-corrected chi connectivity index (χ1v) is 13.1. The van der Waals surface area contributed by atoms with Crippen molar-refractivity contribution < 1.29 is 27.2 Å². The molecule has 1 aromatic heterocycles. The molecule has 0 spiro atoms. The van der Waals surface area contributed by atoms with Crippen molar-refractivity contribution in [1.29, 1.82) is 0 Å². The van der Waals surface area contributed by atoms with E-state index in [0.717, 1.165) is 31.7 Å². The number of aromatic nitrogens is 2. The highest BCUT2D eigenvalue weighted by Gasteiger charge is 2.27. The van der Waals surface area contributed by atoms with Crippen LogP contribution < -0.4 is 4.72 Å². The summed E-state index contributed by atoms with van der Waals surface area (Å²) in [6.07, 6.45) is 5.07. The largest absolute Gasteiger partial charge is 0.480 e. The number of sulfonamides is 1. The van der Waals surface area contributed by atoms with Gasteiger partial charge in [-0.25, -0.2) is 12.8 Å². The summed E-state index contributed by atoms with van der Waals surface area (Å²) in [4.78, 5) is 16.0. The number of rotatable bonds is 8. The third-order valence-corrected chi connectivity index (χ3v) is 7.85. The second-order valence-corrected chi connectivity index (χ2v) is 10.9. The Morgan fingerprint density at radius 1 is 1.18 bits per heavy atom. The molecule has 0 saturated heterocycles. The van der Waals surface area contributed by atoms with Crippen LogP contribution in [0.5, 0.6) is 0 Å². The van der Waals surface area contributed by atoms with E-state index in [4.69, 9.17) is 4.52 Å². The molecule has 2 aromatic carbocycles. The fourth-order valence-electron chi connectivity index (χ4n) is 4.01. The Balaban J connectivity index is 1.49. The normalized spacial score (nSPS) is 15.8. The van der Waals surface area contributed by atoms with Gasteiger partial charge < -0.3 is 9.63 Å². The van der Waals surface area contributed by atoms with Crippen molar-refractivity contribution in [3.8, 4) is 11.4 Å². The number of halogens is 2. The van der Waals surface area contributed by atoms with Crippen LogP contribution in [0.15, 0.2) is 56.4 Å². The fourth-order valence-corrected chi connectivity index (χ4v) is 5.46. The van der Waals surface area contributed by atoms with Gasteiger partial charge in [-0.2, -0.15) is 9.71 Å². The Bertz CT molecular complexity index is 1270. The number of carboxylic acid groups (broad SMARTS) is 1. The minimum Gasteiger partial charge on any atom is -0.480 e. The van der Waals surface area contributed by atoms with Gasteiger partial charge >= 0.3 is 5.97 Å². The predicted octanol–water partition coefficient (Wildman–Crippen LogP) is 4.66. The lowest BCUT2D eigenvalue weighted by Crippen LogP contribution is -2.42. The molecule has 1 heterocycles. The second kappa shape index (κ2) is 10.3. The number of nitrogens with one attached hydrogen (secondary N) is 1. The van der Waals surface area contributed by atoms with E-state index in [0.29, 0.717) is 15.9 Å². The van der Waals surface area contributed by atoms with Crippen molar-refractivity contribution in [3.63, 3.8) is 0 Å². The molecule has 0 aliphatic heterocycles. The lowest BCUT2D eigenvalue weighted by Gasteiger charge is -2.17. The van der Waals surface area contributed by atoms with E-state index >= 15 is 0 Å². The number of benzene rings is 2. The zero-order chi connectivity index (χ0) is 24.3. The van der Waals surface area contributed by atoms with Gasteiger partial charge in [-0.05, 0) is 61.2 Å². The highest BCUT2D eigenvalue weighted by molar-refractivity contribution is 9.10. The maximum Gasteiger partial charge on any atom is 0.322 e. The summed E-state index contributed by atoms with van der Waals surface area (Å²) < 4.78 is 48.3. The summed E-state index contributed by atoms with van der Waals surface area (Å²) in [5.74, 6) is -1.19. The van der Waals surface area contributed by atoms with Gasteiger partial charge in [0.25, 0.3) is 0 Å². The van der Waals surface area contributed by atoms with Crippen molar-refractivity contribution in [3.05, 3.63) is 64.2 Å². The molecule has 1 saturated carbocycles. The van der Waals surface area contributed by atoms with Gasteiger partial charge in [-0.15, -0.1) is 0 Å². The van der Waals surface area contributed by atoms with Crippen LogP contribution in [-0.2, 0) is 21.2 Å². The molecule has 8 nitrogen and oxygen atoms in total. The third-order valence-electron chi connectivity index (χ3n) is 5.83. The molecule has 1 aliphatic carbocycles. The summed E-state index contributed by atoms with van der Waals surface area (Å²) >= 11 is 3.22. The number of carbonyl (C=O) groups is 1. The first kappa shape index (κ1) is 24.5. The SMILES string of the molecule is O=C(O)C(Cc1ccc(-c2noc(C3CCCCC3)n2)c(F)c1)NS(=O)(=O)c1ccc(Br)cc1. The van der Waals surface area contributed by atoms with Crippen LogP contribution in [0.4, 0.5) is 4.39 Å². The fraction of sp³-hybridized carbons (Fsp3) is 0.348. The van der Waals surface area contributed by atoms with Gasteiger partial charge in [0.2, 0.25) is 21.7 Å². The second-order valence-electron chi connectivity index (χ2n) is 8.28. The van der Waals surface area contributed by atoms with Gasteiger partial charge in [0.15, 0.2) is 0 Å². The van der Waals surface area contributed by atoms with Crippen LogP contribution >= 0.6 is 15.9 Å². The van der Waals surface area contributed by atoms with E-state index in [-0.39, 0.29) is 28.6 Å². The van der Waals surface area contributed by atoms with E-state index < -0.39 is 27.9 Å². The average Bonchev–Trinajstić information content (AvgIpc) is 3.29. The van der Waals surface area contributed by atoms with Crippen LogP contribution in [-0.4, -0.2) is 35.7 Å². The van der Waals surface area contributed by atoms with E-state index in [1.165, 1.54) is 42.8 Å². The van der Waals surface area contributed by atoms with E-state index in [1.807, 2.05) is 0 Å². The number of nitrogens with zero attached hydrogens (tertiary/aromatic N) is 2. The molecule has 1 fully saturated rings. The number of hydrogen-bond donors (Lipinski definition) is 2. The molecule has 3 aromatic rings. The molecule has 0 radical (unpaired) electrons. The minimum atomic E-state index is -4.09. The van der Waals surface area contributed by atoms with Crippen LogP contribution in [0.25, 0.3) is 11.4 Å². The lowest BCUT2D eigenvalue weighted by atomic mass is 9.89. The summed E-state index contributed by atoms with van der Waals surface area (Å²) in [6.45, 7) is 0. The highest BCUT2D eigenvalue weighted by Crippen LogP contribution is 2.33. The molecule has 1 unspecified atom stereocenters. The molecule has 180 valence electrons. The van der Waals surface area contributed by atoms with Crippen molar-refractivity contribution in [2.24, 2.45) is 0 Å². The minimum absolute atomic E-state index is 0.0747. The Hall–Kier alpha value is -2.63. The summed E-state index contributed by atoms with van der Waals surface area (Å²) in [5, 5.41) is 13.5. The maximum absolute atomic E-state index is 14.9. The van der Waals surface area contributed by atoms with Crippen LogP contribution in [0.3, 0.4) is 0 Å².